The van der Waals surface area contributed by atoms with Crippen LogP contribution in [-0.4, -0.2) is 77.6 Å². The summed E-state index contributed by atoms with van der Waals surface area (Å²) in [5, 5.41) is 29.7. The van der Waals surface area contributed by atoms with Crippen LogP contribution in [-0.2, 0) is 52.2 Å². The van der Waals surface area contributed by atoms with Gasteiger partial charge in [0.1, 0.15) is 32.5 Å². The molecule has 0 aliphatic heterocycles. The number of nitrogen functional groups attached to an aromatic ring is 1. The number of nitriles is 2. The Morgan fingerprint density at radius 2 is 0.771 bits per heavy atom. The fraction of sp³-hybridized carbons (Fsp3) is 0.213. The second-order valence-corrected chi connectivity index (χ2v) is 32.7. The summed E-state index contributed by atoms with van der Waals surface area (Å²) >= 11 is 17.6. The fourth-order valence-electron chi connectivity index (χ4n) is 12.4. The van der Waals surface area contributed by atoms with Crippen molar-refractivity contribution in [3.63, 3.8) is 0 Å². The average molecular weight is 1670 g/mol. The first-order valence-corrected chi connectivity index (χ1v) is 42.8. The molecule has 6 heterocycles. The van der Waals surface area contributed by atoms with Crippen LogP contribution >= 0.6 is 34.8 Å². The van der Waals surface area contributed by atoms with E-state index in [1.165, 1.54) is 22.3 Å². The normalized spacial score (nSPS) is 11.2. The number of hydrogen-bond acceptors (Lipinski definition) is 17. The van der Waals surface area contributed by atoms with Crippen molar-refractivity contribution in [2.45, 2.75) is 145 Å². The standard InChI is InChI=1S/C28H28N4O2S.C21H22N4O2S.C18H14ClN3.C10H11N.C8H4Cl2N2.C7H8.C2H6O/c1-3-4-18-32-27-25(30-23-12-8-9-13-24(23)31-27)26(28(32)29-19-21-10-6-5-7-11-21)35(33,34)22-16-14-20(2)15-17-22;1-3-4-13-25-20(22)19(28(26,27)15-11-9-14(2)10-12-15)18-21(25)24-17-8-6-5-7-16(17)23-18;1-12-6-8-13(9-7-12)10-14(11-20)17-18(19)22-16-5-3-2-4-15(16)21-17;1-9-4-6-10(7-5-9)3-2-8-11;9-7-8(10)12-6-4-2-1-3-5(6)11-7;1-7-5-3-2-4-6-7;1-2-3/h5-17,29H,3-4,18-19H2,1-2H3;5-12H,3-4,13,22H2,1-2H3;2-9,14H,10H2,1H3;4-7H,2-3H2,1H3;1-4H;2-6H,1H3;3H,2H2,1H3. The number of fused-ring (bicyclic) bond motifs is 6. The van der Waals surface area contributed by atoms with Gasteiger partial charge >= 0.3 is 0 Å². The zero-order valence-electron chi connectivity index (χ0n) is 67.1. The van der Waals surface area contributed by atoms with E-state index in [0.717, 1.165) is 81.9 Å². The molecule has 16 aromatic rings. The molecule has 1 atom stereocenters. The number of aromatic nitrogens is 10. The topological polar surface area (TPSA) is 287 Å². The highest BCUT2D eigenvalue weighted by Gasteiger charge is 2.33. The second-order valence-electron chi connectivity index (χ2n) is 27.8. The first-order chi connectivity index (χ1) is 57.0. The SMILES string of the molecule is CCCCn1c(N)c(S(=O)(=O)c2ccc(C)cc2)c2nc3ccccc3nc21.CCCCn1c(NCc2ccccc2)c(S(=O)(=O)c2ccc(C)cc2)c2nc3ccccc3nc21.CCO.Cc1ccc(CC(C#N)c2nc3ccccc3nc2Cl)cc1.Cc1ccc(CCC#N)cc1.Cc1ccccc1.Clc1nc2ccccc2nc1Cl. The maximum Gasteiger partial charge on any atom is 0.212 e. The quantitative estimate of drug-likeness (QED) is 0.0719. The number of para-hydroxylation sites is 8. The molecule has 4 N–H and O–H groups in total. The zero-order chi connectivity index (χ0) is 84.3. The van der Waals surface area contributed by atoms with E-state index in [2.05, 4.69) is 111 Å². The molecule has 16 rings (SSSR count). The summed E-state index contributed by atoms with van der Waals surface area (Å²) in [4.78, 5) is 36.7. The first-order valence-electron chi connectivity index (χ1n) is 38.7. The molecule has 10 aromatic carbocycles. The fourth-order valence-corrected chi connectivity index (χ4v) is 16.0. The summed E-state index contributed by atoms with van der Waals surface area (Å²) in [7, 11) is -7.71. The molecule has 602 valence electrons. The third-order valence-corrected chi connectivity index (χ3v) is 23.3. The summed E-state index contributed by atoms with van der Waals surface area (Å²) in [5.74, 6) is 0.319. The lowest BCUT2D eigenvalue weighted by Gasteiger charge is -2.14. The Morgan fingerprint density at radius 3 is 1.19 bits per heavy atom. The van der Waals surface area contributed by atoms with Crippen LogP contribution in [0.3, 0.4) is 0 Å². The highest BCUT2D eigenvalue weighted by atomic mass is 35.5. The third-order valence-electron chi connectivity index (χ3n) is 18.7. The van der Waals surface area contributed by atoms with Crippen LogP contribution in [0.4, 0.5) is 11.6 Å². The number of aryl methyl sites for hydroxylation is 8. The number of nitrogens with two attached hydrogens (primary N) is 1. The summed E-state index contributed by atoms with van der Waals surface area (Å²) in [5.41, 5.74) is 23.7. The molecule has 0 spiro atoms. The van der Waals surface area contributed by atoms with E-state index >= 15 is 0 Å². The molecule has 0 bridgehead atoms. The summed E-state index contributed by atoms with van der Waals surface area (Å²) in [6.07, 6.45) is 5.75. The molecule has 0 aliphatic rings. The van der Waals surface area contributed by atoms with Crippen molar-refractivity contribution in [3.05, 3.63) is 320 Å². The van der Waals surface area contributed by atoms with Gasteiger partial charge in [0.2, 0.25) is 19.7 Å². The Balaban J connectivity index is 0.000000158. The smallest absolute Gasteiger partial charge is 0.212 e. The minimum Gasteiger partial charge on any atom is -0.397 e. The summed E-state index contributed by atoms with van der Waals surface area (Å²) in [6, 6.07) is 84.8. The van der Waals surface area contributed by atoms with E-state index < -0.39 is 25.6 Å². The van der Waals surface area contributed by atoms with Gasteiger partial charge < -0.3 is 25.3 Å². The van der Waals surface area contributed by atoms with Crippen LogP contribution in [0.15, 0.2) is 274 Å². The van der Waals surface area contributed by atoms with Crippen molar-refractivity contribution in [3.8, 4) is 12.1 Å². The molecular weight excluding hydrogens is 1580 g/mol. The largest absolute Gasteiger partial charge is 0.397 e. The molecule has 19 nitrogen and oxygen atoms in total. The number of unbranched alkanes of at least 4 members (excludes halogenated alkanes) is 2. The number of anilines is 2. The van der Waals surface area contributed by atoms with Gasteiger partial charge in [-0.2, -0.15) is 10.5 Å². The van der Waals surface area contributed by atoms with Gasteiger partial charge in [0.25, 0.3) is 0 Å². The van der Waals surface area contributed by atoms with E-state index in [4.69, 9.17) is 60.9 Å². The maximum absolute atomic E-state index is 14.1. The van der Waals surface area contributed by atoms with Gasteiger partial charge in [-0.15, -0.1) is 0 Å². The lowest BCUT2D eigenvalue weighted by atomic mass is 9.97. The number of nitrogens with zero attached hydrogens (tertiary/aromatic N) is 12. The number of halogens is 3. The van der Waals surface area contributed by atoms with Crippen LogP contribution in [0.25, 0.3) is 66.5 Å². The van der Waals surface area contributed by atoms with Gasteiger partial charge in [0.15, 0.2) is 26.8 Å². The Hall–Kier alpha value is -12.1. The monoisotopic (exact) mass is 1670 g/mol. The summed E-state index contributed by atoms with van der Waals surface area (Å²) in [6.45, 7) is 17.9. The number of aliphatic hydroxyl groups excluding tert-OH is 1. The van der Waals surface area contributed by atoms with Crippen LogP contribution in [0.1, 0.15) is 109 Å². The van der Waals surface area contributed by atoms with Crippen LogP contribution in [0.2, 0.25) is 15.5 Å². The van der Waals surface area contributed by atoms with Gasteiger partial charge in [-0.05, 0) is 157 Å². The predicted molar refractivity (Wildman–Crippen MR) is 478 cm³/mol. The number of benzene rings is 10. The second kappa shape index (κ2) is 42.7. The molecule has 0 aliphatic carbocycles. The average Bonchev–Trinajstić information content (AvgIpc) is 1.58. The molecule has 0 saturated carbocycles. The number of hydrogen-bond donors (Lipinski definition) is 3. The maximum atomic E-state index is 14.1. The number of rotatable bonds is 18. The van der Waals surface area contributed by atoms with Gasteiger partial charge in [-0.3, -0.25) is 0 Å². The van der Waals surface area contributed by atoms with E-state index in [1.807, 2.05) is 207 Å². The van der Waals surface area contributed by atoms with Crippen molar-refractivity contribution < 1.29 is 21.9 Å². The van der Waals surface area contributed by atoms with Gasteiger partial charge in [-0.1, -0.05) is 271 Å². The molecule has 1 unspecified atom stereocenters. The van der Waals surface area contributed by atoms with E-state index in [1.54, 1.807) is 47.9 Å². The predicted octanol–water partition coefficient (Wildman–Crippen LogP) is 22.1. The molecule has 0 radical (unpaired) electrons. The highest BCUT2D eigenvalue weighted by Crippen LogP contribution is 2.39. The van der Waals surface area contributed by atoms with Crippen molar-refractivity contribution in [1.82, 2.24) is 49.0 Å². The van der Waals surface area contributed by atoms with E-state index in [-0.39, 0.29) is 42.3 Å². The Labute approximate surface area is 704 Å². The summed E-state index contributed by atoms with van der Waals surface area (Å²) < 4.78 is 58.8. The Bertz CT molecular complexity index is 6330. The van der Waals surface area contributed by atoms with Crippen molar-refractivity contribution in [2.75, 3.05) is 17.7 Å². The molecule has 24 heteroatoms. The van der Waals surface area contributed by atoms with Gasteiger partial charge in [0.05, 0.1) is 77.7 Å². The van der Waals surface area contributed by atoms with Crippen molar-refractivity contribution in [1.29, 1.82) is 10.5 Å². The molecule has 0 amide bonds. The highest BCUT2D eigenvalue weighted by molar-refractivity contribution is 7.92. The van der Waals surface area contributed by atoms with Crippen LogP contribution in [0, 0.1) is 57.3 Å². The van der Waals surface area contributed by atoms with Crippen molar-refractivity contribution in [2.24, 2.45) is 0 Å². The number of nitrogens with one attached hydrogen (secondary N) is 1. The number of aliphatic hydroxyl groups is 1. The number of sulfone groups is 2. The van der Waals surface area contributed by atoms with E-state index in [9.17, 15) is 22.1 Å². The Kier molecular flexibility index (Phi) is 32.0. The van der Waals surface area contributed by atoms with Gasteiger partial charge in [0, 0.05) is 32.7 Å². The van der Waals surface area contributed by atoms with Gasteiger partial charge in [-0.25, -0.2) is 56.7 Å². The minimum atomic E-state index is -3.88. The minimum absolute atomic E-state index is 0.0423. The molecule has 0 fully saturated rings. The third kappa shape index (κ3) is 23.0. The Morgan fingerprint density at radius 1 is 0.424 bits per heavy atom. The zero-order valence-corrected chi connectivity index (χ0v) is 71.0. The lowest BCUT2D eigenvalue weighted by Crippen LogP contribution is -2.11. The molecule has 6 aromatic heterocycles. The molecule has 0 saturated heterocycles. The molecule has 118 heavy (non-hydrogen) atoms. The van der Waals surface area contributed by atoms with Crippen molar-refractivity contribution >= 4 is 133 Å². The van der Waals surface area contributed by atoms with Crippen LogP contribution in [0.5, 0.6) is 0 Å². The van der Waals surface area contributed by atoms with E-state index in [0.29, 0.717) is 88.0 Å². The van der Waals surface area contributed by atoms with Crippen LogP contribution < -0.4 is 11.1 Å². The lowest BCUT2D eigenvalue weighted by molar-refractivity contribution is 0.318. The molecular formula is C94H93Cl3N14O5S2. The first kappa shape index (κ1) is 88.3.